The van der Waals surface area contributed by atoms with Gasteiger partial charge in [0.05, 0.1) is 4.90 Å². The SMILES string of the molecule is CC(=O)c1ccc(S(=O)(=O)N2CCC(C(=O)N3CCNCC3)CC2)cc1. The number of rotatable bonds is 4. The van der Waals surface area contributed by atoms with Crippen molar-refractivity contribution in [1.29, 1.82) is 0 Å². The topological polar surface area (TPSA) is 86.8 Å². The number of benzene rings is 1. The lowest BCUT2D eigenvalue weighted by Crippen LogP contribution is -2.50. The van der Waals surface area contributed by atoms with Gasteiger partial charge in [-0.3, -0.25) is 9.59 Å². The third-order valence-corrected chi connectivity index (χ3v) is 7.04. The summed E-state index contributed by atoms with van der Waals surface area (Å²) in [6.07, 6.45) is 1.10. The Labute approximate surface area is 154 Å². The first-order chi connectivity index (χ1) is 12.4. The molecule has 0 aliphatic carbocycles. The fraction of sp³-hybridized carbons (Fsp3) is 0.556. The lowest BCUT2D eigenvalue weighted by molar-refractivity contribution is -0.137. The standard InChI is InChI=1S/C18H25N3O4S/c1-14(22)15-2-4-17(5-3-15)26(24,25)21-10-6-16(7-11-21)18(23)20-12-8-19-9-13-20/h2-5,16,19H,6-13H2,1H3. The number of piperidine rings is 1. The molecular weight excluding hydrogens is 354 g/mol. The van der Waals surface area contributed by atoms with Crippen molar-refractivity contribution in [3.63, 3.8) is 0 Å². The molecule has 0 unspecified atom stereocenters. The van der Waals surface area contributed by atoms with Crippen LogP contribution in [0.25, 0.3) is 0 Å². The Kier molecular flexibility index (Phi) is 5.74. The molecule has 8 heteroatoms. The molecule has 1 amide bonds. The average Bonchev–Trinajstić information content (AvgIpc) is 2.68. The van der Waals surface area contributed by atoms with Gasteiger partial charge in [-0.15, -0.1) is 0 Å². The summed E-state index contributed by atoms with van der Waals surface area (Å²) in [4.78, 5) is 26.0. The molecule has 0 saturated carbocycles. The van der Waals surface area contributed by atoms with Crippen LogP contribution < -0.4 is 5.32 Å². The van der Waals surface area contributed by atoms with Crippen LogP contribution in [0.5, 0.6) is 0 Å². The largest absolute Gasteiger partial charge is 0.340 e. The first kappa shape index (κ1) is 19.0. The average molecular weight is 379 g/mol. The van der Waals surface area contributed by atoms with Crippen molar-refractivity contribution in [2.24, 2.45) is 5.92 Å². The van der Waals surface area contributed by atoms with Gasteiger partial charge in [0.2, 0.25) is 15.9 Å². The van der Waals surface area contributed by atoms with Gasteiger partial charge in [0.1, 0.15) is 0 Å². The zero-order valence-corrected chi connectivity index (χ0v) is 15.8. The summed E-state index contributed by atoms with van der Waals surface area (Å²) >= 11 is 0. The van der Waals surface area contributed by atoms with E-state index in [-0.39, 0.29) is 22.5 Å². The van der Waals surface area contributed by atoms with E-state index in [2.05, 4.69) is 5.32 Å². The molecule has 1 aromatic carbocycles. The third kappa shape index (κ3) is 3.97. The lowest BCUT2D eigenvalue weighted by Gasteiger charge is -2.35. The molecule has 2 aliphatic rings. The van der Waals surface area contributed by atoms with Crippen LogP contribution in [-0.4, -0.2) is 68.6 Å². The maximum atomic E-state index is 12.8. The van der Waals surface area contributed by atoms with Crippen molar-refractivity contribution < 1.29 is 18.0 Å². The number of Topliss-reactive ketones (excluding diaryl/α,β-unsaturated/α-hetero) is 1. The Morgan fingerprint density at radius 3 is 2.12 bits per heavy atom. The number of nitrogens with one attached hydrogen (secondary N) is 1. The molecule has 0 atom stereocenters. The second-order valence-electron chi connectivity index (χ2n) is 6.83. The highest BCUT2D eigenvalue weighted by Gasteiger charge is 2.34. The van der Waals surface area contributed by atoms with E-state index >= 15 is 0 Å². The number of carbonyl (C=O) groups is 2. The number of carbonyl (C=O) groups excluding carboxylic acids is 2. The first-order valence-electron chi connectivity index (χ1n) is 9.00. The van der Waals surface area contributed by atoms with E-state index < -0.39 is 10.0 Å². The third-order valence-electron chi connectivity index (χ3n) is 5.13. The van der Waals surface area contributed by atoms with Gasteiger partial charge in [0.25, 0.3) is 0 Å². The monoisotopic (exact) mass is 379 g/mol. The van der Waals surface area contributed by atoms with Gasteiger partial charge in [-0.25, -0.2) is 8.42 Å². The molecule has 2 heterocycles. The Balaban J connectivity index is 1.63. The van der Waals surface area contributed by atoms with Gasteiger partial charge in [-0.05, 0) is 31.9 Å². The van der Waals surface area contributed by atoms with Crippen LogP contribution in [0.3, 0.4) is 0 Å². The van der Waals surface area contributed by atoms with Crippen molar-refractivity contribution in [3.05, 3.63) is 29.8 Å². The van der Waals surface area contributed by atoms with Crippen LogP contribution in [0.1, 0.15) is 30.1 Å². The zero-order chi connectivity index (χ0) is 18.7. The number of piperazine rings is 1. The van der Waals surface area contributed by atoms with Crippen molar-refractivity contribution >= 4 is 21.7 Å². The van der Waals surface area contributed by atoms with Crippen molar-refractivity contribution in [2.75, 3.05) is 39.3 Å². The first-order valence-corrected chi connectivity index (χ1v) is 10.4. The Bertz CT molecular complexity index is 762. The van der Waals surface area contributed by atoms with Crippen molar-refractivity contribution in [1.82, 2.24) is 14.5 Å². The Morgan fingerprint density at radius 2 is 1.58 bits per heavy atom. The number of sulfonamides is 1. The van der Waals surface area contributed by atoms with Crippen molar-refractivity contribution in [2.45, 2.75) is 24.7 Å². The second kappa shape index (κ2) is 7.85. The molecule has 1 aromatic rings. The molecule has 0 radical (unpaired) electrons. The van der Waals surface area contributed by atoms with E-state index in [1.165, 1.54) is 35.5 Å². The maximum Gasteiger partial charge on any atom is 0.243 e. The van der Waals surface area contributed by atoms with E-state index in [1.807, 2.05) is 4.90 Å². The van der Waals surface area contributed by atoms with Crippen LogP contribution in [0.15, 0.2) is 29.2 Å². The highest BCUT2D eigenvalue weighted by molar-refractivity contribution is 7.89. The molecule has 3 rings (SSSR count). The molecule has 1 N–H and O–H groups in total. The molecule has 142 valence electrons. The van der Waals surface area contributed by atoms with Gasteiger partial charge in [-0.1, -0.05) is 12.1 Å². The number of hydrogen-bond acceptors (Lipinski definition) is 5. The van der Waals surface area contributed by atoms with E-state index in [1.54, 1.807) is 0 Å². The molecule has 2 saturated heterocycles. The van der Waals surface area contributed by atoms with E-state index in [4.69, 9.17) is 0 Å². The highest BCUT2D eigenvalue weighted by atomic mass is 32.2. The number of hydrogen-bond donors (Lipinski definition) is 1. The molecule has 0 spiro atoms. The van der Waals surface area contributed by atoms with Gasteiger partial charge < -0.3 is 10.2 Å². The van der Waals surface area contributed by atoms with Crippen LogP contribution in [-0.2, 0) is 14.8 Å². The quantitative estimate of drug-likeness (QED) is 0.779. The van der Waals surface area contributed by atoms with E-state index in [0.29, 0.717) is 31.5 Å². The Morgan fingerprint density at radius 1 is 1.00 bits per heavy atom. The molecule has 26 heavy (non-hydrogen) atoms. The zero-order valence-electron chi connectivity index (χ0n) is 15.0. The van der Waals surface area contributed by atoms with Gasteiger partial charge in [-0.2, -0.15) is 4.31 Å². The van der Waals surface area contributed by atoms with E-state index in [9.17, 15) is 18.0 Å². The summed E-state index contributed by atoms with van der Waals surface area (Å²) in [7, 11) is -3.59. The summed E-state index contributed by atoms with van der Waals surface area (Å²) in [5.74, 6) is -0.0461. The molecule has 2 aliphatic heterocycles. The predicted molar refractivity (Wildman–Crippen MR) is 97.4 cm³/mol. The molecule has 0 bridgehead atoms. The summed E-state index contributed by atoms with van der Waals surface area (Å²) in [5.41, 5.74) is 0.490. The van der Waals surface area contributed by atoms with Crippen LogP contribution >= 0.6 is 0 Å². The number of amides is 1. The minimum Gasteiger partial charge on any atom is -0.340 e. The van der Waals surface area contributed by atoms with Crippen LogP contribution in [0.4, 0.5) is 0 Å². The van der Waals surface area contributed by atoms with Crippen LogP contribution in [0, 0.1) is 5.92 Å². The second-order valence-corrected chi connectivity index (χ2v) is 8.77. The minimum atomic E-state index is -3.59. The smallest absolute Gasteiger partial charge is 0.243 e. The fourth-order valence-corrected chi connectivity index (χ4v) is 4.97. The molecular formula is C18H25N3O4S. The summed E-state index contributed by atoms with van der Waals surface area (Å²) < 4.78 is 27.0. The maximum absolute atomic E-state index is 12.8. The van der Waals surface area contributed by atoms with Gasteiger partial charge in [0, 0.05) is 50.7 Å². The molecule has 7 nitrogen and oxygen atoms in total. The normalized spacial score (nSPS) is 20.1. The molecule has 2 fully saturated rings. The predicted octanol–water partition coefficient (Wildman–Crippen LogP) is 0.722. The van der Waals surface area contributed by atoms with Gasteiger partial charge in [0.15, 0.2) is 5.78 Å². The lowest BCUT2D eigenvalue weighted by atomic mass is 9.96. The Hall–Kier alpha value is -1.77. The molecule has 0 aromatic heterocycles. The van der Waals surface area contributed by atoms with Gasteiger partial charge >= 0.3 is 0 Å². The van der Waals surface area contributed by atoms with Crippen LogP contribution in [0.2, 0.25) is 0 Å². The van der Waals surface area contributed by atoms with Crippen molar-refractivity contribution in [3.8, 4) is 0 Å². The highest BCUT2D eigenvalue weighted by Crippen LogP contribution is 2.25. The number of nitrogens with zero attached hydrogens (tertiary/aromatic N) is 2. The van der Waals surface area contributed by atoms with E-state index in [0.717, 1.165) is 26.2 Å². The minimum absolute atomic E-state index is 0.0961. The summed E-state index contributed by atoms with van der Waals surface area (Å²) in [6.45, 7) is 5.21. The summed E-state index contributed by atoms with van der Waals surface area (Å²) in [5, 5.41) is 3.23. The fourth-order valence-electron chi connectivity index (χ4n) is 3.50. The summed E-state index contributed by atoms with van der Waals surface area (Å²) in [6, 6.07) is 6.03. The number of ketones is 1.